The van der Waals surface area contributed by atoms with E-state index in [1.807, 2.05) is 56.6 Å². The molecule has 2 fully saturated rings. The monoisotopic (exact) mass is 721 g/mol. The van der Waals surface area contributed by atoms with Gasteiger partial charge in [0.15, 0.2) is 0 Å². The first-order valence-electron chi connectivity index (χ1n) is 17.5. The summed E-state index contributed by atoms with van der Waals surface area (Å²) in [6.45, 7) is 5.90. The predicted molar refractivity (Wildman–Crippen MR) is 196 cm³/mol. The Balaban J connectivity index is 0.00000650. The molecule has 4 rings (SSSR count). The van der Waals surface area contributed by atoms with E-state index in [0.717, 1.165) is 31.2 Å². The zero-order valence-electron chi connectivity index (χ0n) is 28.7. The van der Waals surface area contributed by atoms with Crippen molar-refractivity contribution in [1.82, 2.24) is 24.8 Å². The lowest BCUT2D eigenvalue weighted by atomic mass is 9.82. The van der Waals surface area contributed by atoms with Crippen molar-refractivity contribution in [3.05, 3.63) is 52.5 Å². The van der Waals surface area contributed by atoms with Crippen LogP contribution >= 0.6 is 11.3 Å². The van der Waals surface area contributed by atoms with E-state index in [1.165, 1.54) is 22.1 Å². The lowest BCUT2D eigenvalue weighted by molar-refractivity contribution is -0.132. The maximum atomic E-state index is 14.1. The number of sulfonamides is 1. The number of nitrogens with zero attached hydrogens (tertiary/aromatic N) is 3. The Bertz CT molecular complexity index is 1360. The van der Waals surface area contributed by atoms with Crippen LogP contribution < -0.4 is 10.6 Å². The Labute approximate surface area is 297 Å². The minimum absolute atomic E-state index is 0. The molecule has 1 unspecified atom stereocenters. The standard InChI is InChI=1S/C35H55N5O6S2.CH4/c1-25(2)18-32(41)33(42)30(20-27-12-8-5-9-13-27)37-35(44)31(21-29-22-47-24-36-29)38-34(43)28(19-26-10-6-4-7-11-26)23-48(45,46)40-16-14-39(3)15-17-40;/h4,6-7,10-11,22,24-25,27-28,30-33,41-42H,5,8-9,12-21,23H2,1-3H3,(H,37,44)(H,38,43);1H4/t28-,30?,31+,32+,33-;/m1./s1. The van der Waals surface area contributed by atoms with E-state index in [4.69, 9.17) is 0 Å². The van der Waals surface area contributed by atoms with E-state index >= 15 is 0 Å². The van der Waals surface area contributed by atoms with Gasteiger partial charge in [0.05, 0.1) is 35.0 Å². The quantitative estimate of drug-likeness (QED) is 0.194. The smallest absolute Gasteiger partial charge is 0.243 e. The first kappa shape index (κ1) is 41.0. The van der Waals surface area contributed by atoms with E-state index in [-0.39, 0.29) is 31.9 Å². The molecule has 0 spiro atoms. The minimum Gasteiger partial charge on any atom is -0.390 e. The van der Waals surface area contributed by atoms with Crippen molar-refractivity contribution in [2.75, 3.05) is 39.0 Å². The number of piperazine rings is 1. The summed E-state index contributed by atoms with van der Waals surface area (Å²) >= 11 is 1.38. The SMILES string of the molecule is C.CC(C)C[C@H](O)[C@H](O)C(CC1CCCCC1)NC(=O)[C@H](Cc1cscn1)NC(=O)[C@H](Cc1ccccc1)CS(=O)(=O)N1CCN(C)CC1. The number of thiazole rings is 1. The van der Waals surface area contributed by atoms with Crippen LogP contribution in [0.1, 0.15) is 77.5 Å². The van der Waals surface area contributed by atoms with Crippen LogP contribution in [0.3, 0.4) is 0 Å². The number of aliphatic hydroxyl groups is 2. The molecule has 1 aliphatic carbocycles. The van der Waals surface area contributed by atoms with Gasteiger partial charge in [-0.05, 0) is 43.7 Å². The summed E-state index contributed by atoms with van der Waals surface area (Å²) in [6.07, 6.45) is 4.38. The van der Waals surface area contributed by atoms with Crippen molar-refractivity contribution in [1.29, 1.82) is 0 Å². The molecule has 1 aromatic heterocycles. The highest BCUT2D eigenvalue weighted by molar-refractivity contribution is 7.89. The molecule has 1 saturated carbocycles. The number of carbonyl (C=O) groups excluding carboxylic acids is 2. The third-order valence-electron chi connectivity index (χ3n) is 9.65. The Morgan fingerprint density at radius 1 is 0.980 bits per heavy atom. The molecule has 2 aromatic rings. The Morgan fingerprint density at radius 3 is 2.27 bits per heavy atom. The molecule has 2 aliphatic rings. The van der Waals surface area contributed by atoms with Gasteiger partial charge in [-0.15, -0.1) is 11.3 Å². The van der Waals surface area contributed by atoms with Gasteiger partial charge in [-0.25, -0.2) is 13.4 Å². The number of amides is 2. The second-order valence-corrected chi connectivity index (χ2v) is 16.9. The van der Waals surface area contributed by atoms with Crippen LogP contribution in [-0.4, -0.2) is 108 Å². The third-order valence-corrected chi connectivity index (χ3v) is 12.3. The van der Waals surface area contributed by atoms with E-state index in [0.29, 0.717) is 50.6 Å². The van der Waals surface area contributed by atoms with Gasteiger partial charge in [0.1, 0.15) is 12.1 Å². The molecule has 13 heteroatoms. The van der Waals surface area contributed by atoms with Gasteiger partial charge in [0, 0.05) is 38.0 Å². The van der Waals surface area contributed by atoms with Gasteiger partial charge >= 0.3 is 0 Å². The summed E-state index contributed by atoms with van der Waals surface area (Å²) in [4.78, 5) is 34.6. The maximum Gasteiger partial charge on any atom is 0.243 e. The van der Waals surface area contributed by atoms with Crippen molar-refractivity contribution in [2.24, 2.45) is 17.8 Å². The predicted octanol–water partition coefficient (Wildman–Crippen LogP) is 3.47. The Morgan fingerprint density at radius 2 is 1.65 bits per heavy atom. The van der Waals surface area contributed by atoms with E-state index < -0.39 is 52.0 Å². The maximum absolute atomic E-state index is 14.1. The number of rotatable bonds is 17. The number of carbonyl (C=O) groups is 2. The topological polar surface area (TPSA) is 152 Å². The molecular formula is C36H59N5O6S2. The lowest BCUT2D eigenvalue weighted by Crippen LogP contribution is -2.57. The molecule has 1 aromatic carbocycles. The van der Waals surface area contributed by atoms with Gasteiger partial charge in [-0.2, -0.15) is 4.31 Å². The van der Waals surface area contributed by atoms with Crippen molar-refractivity contribution < 1.29 is 28.2 Å². The van der Waals surface area contributed by atoms with Gasteiger partial charge in [0.25, 0.3) is 0 Å². The first-order valence-corrected chi connectivity index (χ1v) is 20.0. The van der Waals surface area contributed by atoms with Gasteiger partial charge in [-0.1, -0.05) is 83.7 Å². The summed E-state index contributed by atoms with van der Waals surface area (Å²) in [5.74, 6) is -1.89. The van der Waals surface area contributed by atoms with E-state index in [2.05, 4.69) is 20.5 Å². The lowest BCUT2D eigenvalue weighted by Gasteiger charge is -2.34. The van der Waals surface area contributed by atoms with E-state index in [9.17, 15) is 28.2 Å². The third kappa shape index (κ3) is 13.0. The average molecular weight is 722 g/mol. The van der Waals surface area contributed by atoms with Crippen LogP contribution in [0, 0.1) is 17.8 Å². The average Bonchev–Trinajstić information content (AvgIpc) is 3.57. The Kier molecular flexibility index (Phi) is 16.6. The largest absolute Gasteiger partial charge is 0.390 e. The van der Waals surface area contributed by atoms with Crippen molar-refractivity contribution in [3.63, 3.8) is 0 Å². The van der Waals surface area contributed by atoms with Crippen LogP contribution in [-0.2, 0) is 32.5 Å². The summed E-state index contributed by atoms with van der Waals surface area (Å²) in [7, 11) is -1.82. The molecular weight excluding hydrogens is 663 g/mol. The van der Waals surface area contributed by atoms with Crippen LogP contribution in [0.25, 0.3) is 0 Å². The van der Waals surface area contributed by atoms with Crippen LogP contribution in [0.4, 0.5) is 0 Å². The number of likely N-dealkylation sites (N-methyl/N-ethyl adjacent to an activating group) is 1. The fourth-order valence-electron chi connectivity index (χ4n) is 6.84. The number of benzene rings is 1. The molecule has 5 atom stereocenters. The zero-order chi connectivity index (χ0) is 34.7. The van der Waals surface area contributed by atoms with Crippen LogP contribution in [0.15, 0.2) is 41.2 Å². The first-order chi connectivity index (χ1) is 22.9. The fourth-order valence-corrected chi connectivity index (χ4v) is 9.12. The van der Waals surface area contributed by atoms with Crippen LogP contribution in [0.5, 0.6) is 0 Å². The number of hydrogen-bond acceptors (Lipinski definition) is 9. The summed E-state index contributed by atoms with van der Waals surface area (Å²) in [5, 5.41) is 29.9. The molecule has 1 saturated heterocycles. The fraction of sp³-hybridized carbons (Fsp3) is 0.694. The summed E-state index contributed by atoms with van der Waals surface area (Å²) < 4.78 is 28.7. The highest BCUT2D eigenvalue weighted by atomic mass is 32.2. The van der Waals surface area contributed by atoms with Crippen LogP contribution in [0.2, 0.25) is 0 Å². The molecule has 276 valence electrons. The summed E-state index contributed by atoms with van der Waals surface area (Å²) in [6, 6.07) is 7.52. The molecule has 2 amide bonds. The summed E-state index contributed by atoms with van der Waals surface area (Å²) in [5.41, 5.74) is 3.10. The molecule has 49 heavy (non-hydrogen) atoms. The number of hydrogen-bond donors (Lipinski definition) is 4. The highest BCUT2D eigenvalue weighted by Crippen LogP contribution is 2.29. The van der Waals surface area contributed by atoms with Crippen molar-refractivity contribution in [3.8, 4) is 0 Å². The van der Waals surface area contributed by atoms with Crippen molar-refractivity contribution >= 4 is 33.2 Å². The Hall–Kier alpha value is -2.42. The van der Waals surface area contributed by atoms with Gasteiger partial charge in [-0.3, -0.25) is 9.59 Å². The van der Waals surface area contributed by atoms with Crippen molar-refractivity contribution in [2.45, 2.75) is 103 Å². The zero-order valence-corrected chi connectivity index (χ0v) is 30.3. The second kappa shape index (κ2) is 19.8. The number of aromatic nitrogens is 1. The van der Waals surface area contributed by atoms with Gasteiger partial charge < -0.3 is 25.7 Å². The van der Waals surface area contributed by atoms with Gasteiger partial charge in [0.2, 0.25) is 21.8 Å². The molecule has 0 radical (unpaired) electrons. The number of nitrogens with one attached hydrogen (secondary N) is 2. The molecule has 11 nitrogen and oxygen atoms in total. The second-order valence-electron chi connectivity index (χ2n) is 14.2. The van der Waals surface area contributed by atoms with E-state index in [1.54, 1.807) is 5.51 Å². The molecule has 4 N–H and O–H groups in total. The highest BCUT2D eigenvalue weighted by Gasteiger charge is 2.36. The molecule has 1 aliphatic heterocycles. The minimum atomic E-state index is -3.77. The number of aliphatic hydroxyl groups excluding tert-OH is 2. The normalized spacial score (nSPS) is 19.7. The molecule has 0 bridgehead atoms. The molecule has 2 heterocycles.